The number of hydrogen-bond donors (Lipinski definition) is 1. The molecule has 1 N–H and O–H groups in total. The number of unbranched alkanes of at least 4 members (excludes halogenated alkanes) is 1. The molecule has 16 heavy (non-hydrogen) atoms. The molecule has 0 amide bonds. The van der Waals surface area contributed by atoms with Crippen molar-refractivity contribution >= 4 is 11.6 Å². The second-order valence-corrected chi connectivity index (χ2v) is 4.76. The minimum atomic E-state index is -0.235. The van der Waals surface area contributed by atoms with E-state index < -0.39 is 0 Å². The second-order valence-electron chi connectivity index (χ2n) is 4.38. The molecule has 0 radical (unpaired) electrons. The molecule has 90 valence electrons. The number of benzene rings is 1. The van der Waals surface area contributed by atoms with Crippen LogP contribution in [0.15, 0.2) is 30.3 Å². The van der Waals surface area contributed by atoms with Crippen LogP contribution in [0.4, 0.5) is 0 Å². The summed E-state index contributed by atoms with van der Waals surface area (Å²) in [5, 5.41) is 9.51. The summed E-state index contributed by atoms with van der Waals surface area (Å²) in [5.74, 6) is 1.19. The Bertz CT molecular complexity index is 271. The van der Waals surface area contributed by atoms with E-state index in [0.29, 0.717) is 5.92 Å². The Kier molecular flexibility index (Phi) is 6.51. The first-order valence-electron chi connectivity index (χ1n) is 6.03. The first-order chi connectivity index (χ1) is 7.74. The largest absolute Gasteiger partial charge is 0.393 e. The fourth-order valence-electron chi connectivity index (χ4n) is 2.04. The summed E-state index contributed by atoms with van der Waals surface area (Å²) >= 11 is 5.69. The molecule has 1 aromatic carbocycles. The SMILES string of the molecule is CC(O)CC(CCCCCl)c1ccccc1. The second kappa shape index (κ2) is 7.70. The van der Waals surface area contributed by atoms with Crippen molar-refractivity contribution in [2.24, 2.45) is 0 Å². The standard InChI is InChI=1S/C14H21ClO/c1-12(16)11-14(9-5-6-10-15)13-7-3-2-4-8-13/h2-4,7-8,12,14,16H,5-6,9-11H2,1H3. The van der Waals surface area contributed by atoms with E-state index in [1.54, 1.807) is 0 Å². The maximum atomic E-state index is 9.51. The molecule has 0 aliphatic heterocycles. The van der Waals surface area contributed by atoms with E-state index in [9.17, 15) is 5.11 Å². The van der Waals surface area contributed by atoms with Gasteiger partial charge in [0.05, 0.1) is 6.10 Å². The van der Waals surface area contributed by atoms with Gasteiger partial charge in [-0.15, -0.1) is 11.6 Å². The van der Waals surface area contributed by atoms with E-state index in [1.807, 2.05) is 13.0 Å². The average molecular weight is 241 g/mol. The molecule has 2 heteroatoms. The van der Waals surface area contributed by atoms with Gasteiger partial charge in [0.25, 0.3) is 0 Å². The Morgan fingerprint density at radius 2 is 1.88 bits per heavy atom. The van der Waals surface area contributed by atoms with Crippen molar-refractivity contribution < 1.29 is 5.11 Å². The number of aliphatic hydroxyl groups is 1. The summed E-state index contributed by atoms with van der Waals surface area (Å²) in [6.45, 7) is 1.86. The Balaban J connectivity index is 2.56. The number of halogens is 1. The van der Waals surface area contributed by atoms with Crippen molar-refractivity contribution in [1.29, 1.82) is 0 Å². The summed E-state index contributed by atoms with van der Waals surface area (Å²) in [5.41, 5.74) is 1.33. The monoisotopic (exact) mass is 240 g/mol. The molecular weight excluding hydrogens is 220 g/mol. The maximum absolute atomic E-state index is 9.51. The number of hydrogen-bond acceptors (Lipinski definition) is 1. The smallest absolute Gasteiger partial charge is 0.0517 e. The van der Waals surface area contributed by atoms with Crippen LogP contribution in [0.3, 0.4) is 0 Å². The summed E-state index contributed by atoms with van der Waals surface area (Å²) < 4.78 is 0. The van der Waals surface area contributed by atoms with Crippen molar-refractivity contribution in [2.75, 3.05) is 5.88 Å². The first kappa shape index (κ1) is 13.5. The van der Waals surface area contributed by atoms with E-state index in [1.165, 1.54) is 5.56 Å². The van der Waals surface area contributed by atoms with Crippen LogP contribution in [0.5, 0.6) is 0 Å². The van der Waals surface area contributed by atoms with E-state index in [2.05, 4.69) is 24.3 Å². The molecule has 2 unspecified atom stereocenters. The minimum absolute atomic E-state index is 0.235. The van der Waals surface area contributed by atoms with Gasteiger partial charge >= 0.3 is 0 Å². The van der Waals surface area contributed by atoms with E-state index in [0.717, 1.165) is 31.6 Å². The summed E-state index contributed by atoms with van der Waals surface area (Å²) in [6.07, 6.45) is 3.91. The van der Waals surface area contributed by atoms with Crippen LogP contribution in [-0.2, 0) is 0 Å². The van der Waals surface area contributed by atoms with Crippen LogP contribution in [0.1, 0.15) is 44.1 Å². The molecule has 0 saturated heterocycles. The van der Waals surface area contributed by atoms with E-state index >= 15 is 0 Å². The van der Waals surface area contributed by atoms with Gasteiger partial charge in [0.2, 0.25) is 0 Å². The molecular formula is C14H21ClO. The lowest BCUT2D eigenvalue weighted by atomic mass is 9.89. The summed E-state index contributed by atoms with van der Waals surface area (Å²) in [6, 6.07) is 10.4. The molecule has 1 rings (SSSR count). The van der Waals surface area contributed by atoms with Crippen molar-refractivity contribution in [2.45, 2.75) is 44.6 Å². The lowest BCUT2D eigenvalue weighted by Crippen LogP contribution is -2.09. The zero-order chi connectivity index (χ0) is 11.8. The molecule has 0 bridgehead atoms. The molecule has 0 spiro atoms. The molecule has 0 aliphatic rings. The quantitative estimate of drug-likeness (QED) is 0.565. The van der Waals surface area contributed by atoms with Gasteiger partial charge < -0.3 is 5.11 Å². The topological polar surface area (TPSA) is 20.2 Å². The highest BCUT2D eigenvalue weighted by Crippen LogP contribution is 2.26. The van der Waals surface area contributed by atoms with Crippen LogP contribution in [0.2, 0.25) is 0 Å². The lowest BCUT2D eigenvalue weighted by Gasteiger charge is -2.18. The Hall–Kier alpha value is -0.530. The Morgan fingerprint density at radius 3 is 2.44 bits per heavy atom. The van der Waals surface area contributed by atoms with Gasteiger partial charge in [0.15, 0.2) is 0 Å². The molecule has 0 aliphatic carbocycles. The van der Waals surface area contributed by atoms with Crippen LogP contribution >= 0.6 is 11.6 Å². The molecule has 2 atom stereocenters. The van der Waals surface area contributed by atoms with Crippen LogP contribution < -0.4 is 0 Å². The van der Waals surface area contributed by atoms with Crippen molar-refractivity contribution in [3.8, 4) is 0 Å². The summed E-state index contributed by atoms with van der Waals surface area (Å²) in [4.78, 5) is 0. The zero-order valence-electron chi connectivity index (χ0n) is 9.90. The average Bonchev–Trinajstić information content (AvgIpc) is 2.29. The number of alkyl halides is 1. The highest BCUT2D eigenvalue weighted by Gasteiger charge is 2.13. The van der Waals surface area contributed by atoms with Gasteiger partial charge in [0, 0.05) is 5.88 Å². The van der Waals surface area contributed by atoms with Crippen LogP contribution in [0.25, 0.3) is 0 Å². The molecule has 0 saturated carbocycles. The minimum Gasteiger partial charge on any atom is -0.393 e. The van der Waals surface area contributed by atoms with Crippen LogP contribution in [0, 0.1) is 0 Å². The molecule has 1 aromatic rings. The third-order valence-corrected chi connectivity index (χ3v) is 3.10. The predicted molar refractivity (Wildman–Crippen MR) is 70.1 cm³/mol. The zero-order valence-corrected chi connectivity index (χ0v) is 10.7. The first-order valence-corrected chi connectivity index (χ1v) is 6.56. The van der Waals surface area contributed by atoms with Gasteiger partial charge in [-0.1, -0.05) is 36.8 Å². The third-order valence-electron chi connectivity index (χ3n) is 2.83. The summed E-state index contributed by atoms with van der Waals surface area (Å²) in [7, 11) is 0. The third kappa shape index (κ3) is 5.00. The molecule has 0 heterocycles. The van der Waals surface area contributed by atoms with Crippen LogP contribution in [-0.4, -0.2) is 17.1 Å². The van der Waals surface area contributed by atoms with Gasteiger partial charge in [-0.25, -0.2) is 0 Å². The van der Waals surface area contributed by atoms with Crippen molar-refractivity contribution in [1.82, 2.24) is 0 Å². The molecule has 1 nitrogen and oxygen atoms in total. The maximum Gasteiger partial charge on any atom is 0.0517 e. The lowest BCUT2D eigenvalue weighted by molar-refractivity contribution is 0.172. The van der Waals surface area contributed by atoms with E-state index in [-0.39, 0.29) is 6.10 Å². The normalized spacial score (nSPS) is 14.7. The fourth-order valence-corrected chi connectivity index (χ4v) is 2.23. The van der Waals surface area contributed by atoms with Gasteiger partial charge in [-0.05, 0) is 37.7 Å². The van der Waals surface area contributed by atoms with Gasteiger partial charge in [0.1, 0.15) is 0 Å². The number of aliphatic hydroxyl groups excluding tert-OH is 1. The molecule has 0 aromatic heterocycles. The Morgan fingerprint density at radius 1 is 1.19 bits per heavy atom. The highest BCUT2D eigenvalue weighted by atomic mass is 35.5. The van der Waals surface area contributed by atoms with Crippen molar-refractivity contribution in [3.63, 3.8) is 0 Å². The predicted octanol–water partition coefficient (Wildman–Crippen LogP) is 3.95. The number of rotatable bonds is 7. The molecule has 0 fully saturated rings. The highest BCUT2D eigenvalue weighted by molar-refractivity contribution is 6.17. The van der Waals surface area contributed by atoms with Gasteiger partial charge in [-0.3, -0.25) is 0 Å². The Labute approximate surface area is 103 Å². The van der Waals surface area contributed by atoms with Gasteiger partial charge in [-0.2, -0.15) is 0 Å². The van der Waals surface area contributed by atoms with E-state index in [4.69, 9.17) is 11.6 Å². The fraction of sp³-hybridized carbons (Fsp3) is 0.571. The van der Waals surface area contributed by atoms with Crippen molar-refractivity contribution in [3.05, 3.63) is 35.9 Å².